The summed E-state index contributed by atoms with van der Waals surface area (Å²) < 4.78 is 11.2. The summed E-state index contributed by atoms with van der Waals surface area (Å²) in [5.41, 5.74) is 17.0. The van der Waals surface area contributed by atoms with E-state index >= 15 is 0 Å². The van der Waals surface area contributed by atoms with E-state index in [0.29, 0.717) is 31.0 Å². The lowest BCUT2D eigenvalue weighted by Gasteiger charge is -2.35. The molecule has 0 spiro atoms. The minimum absolute atomic E-state index is 0.00401. The molecule has 12 nitrogen and oxygen atoms in total. The Kier molecular flexibility index (Phi) is 12.3. The molecule has 0 radical (unpaired) electrons. The van der Waals surface area contributed by atoms with Gasteiger partial charge in [0.05, 0.1) is 28.8 Å². The van der Waals surface area contributed by atoms with Crippen LogP contribution in [0, 0.1) is 12.3 Å². The number of β-amino-alcohol motifs (C(OH)–C–C–N with tert-alkyl or cyclic N) is 1. The van der Waals surface area contributed by atoms with Crippen LogP contribution in [0.3, 0.4) is 0 Å². The van der Waals surface area contributed by atoms with Crippen molar-refractivity contribution < 1.29 is 29.0 Å². The molecule has 47 heavy (non-hydrogen) atoms. The van der Waals surface area contributed by atoms with Crippen LogP contribution in [-0.2, 0) is 32.1 Å². The zero-order valence-electron chi connectivity index (χ0n) is 27.5. The highest BCUT2D eigenvalue weighted by Crippen LogP contribution is 2.28. The highest BCUT2D eigenvalue weighted by Gasteiger charge is 2.44. The number of aliphatic hydroxyl groups is 1. The van der Waals surface area contributed by atoms with Gasteiger partial charge in [-0.05, 0) is 47.6 Å². The molecule has 2 heterocycles. The van der Waals surface area contributed by atoms with Crippen LogP contribution in [0.15, 0.2) is 48.0 Å². The van der Waals surface area contributed by atoms with E-state index in [1.807, 2.05) is 69.6 Å². The smallest absolute Gasteiger partial charge is 0.246 e. The van der Waals surface area contributed by atoms with Crippen molar-refractivity contribution in [1.29, 1.82) is 0 Å². The molecule has 3 aromatic rings. The number of likely N-dealkylation sites (tertiary alicyclic amines) is 1. The van der Waals surface area contributed by atoms with Gasteiger partial charge in [0, 0.05) is 37.8 Å². The quantitative estimate of drug-likeness (QED) is 0.127. The van der Waals surface area contributed by atoms with Gasteiger partial charge in [0.15, 0.2) is 0 Å². The highest BCUT2D eigenvalue weighted by molar-refractivity contribution is 7.13. The summed E-state index contributed by atoms with van der Waals surface area (Å²) in [6, 6.07) is 11.4. The van der Waals surface area contributed by atoms with Gasteiger partial charge in [0.1, 0.15) is 31.0 Å². The average molecular weight is 667 g/mol. The highest BCUT2D eigenvalue weighted by atomic mass is 32.1. The number of nitrogens with one attached hydrogen (secondary N) is 2. The van der Waals surface area contributed by atoms with Gasteiger partial charge in [-0.2, -0.15) is 0 Å². The largest absolute Gasteiger partial charge is 0.492 e. The monoisotopic (exact) mass is 666 g/mol. The Balaban J connectivity index is 1.31. The Bertz CT molecular complexity index is 1520. The minimum atomic E-state index is -0.946. The maximum absolute atomic E-state index is 13.8. The van der Waals surface area contributed by atoms with Crippen molar-refractivity contribution >= 4 is 34.7 Å². The Morgan fingerprint density at radius 1 is 1.13 bits per heavy atom. The predicted molar refractivity (Wildman–Crippen MR) is 182 cm³/mol. The van der Waals surface area contributed by atoms with Crippen LogP contribution < -0.4 is 26.8 Å². The van der Waals surface area contributed by atoms with Crippen LogP contribution in [0.1, 0.15) is 44.0 Å². The maximum atomic E-state index is 13.8. The zero-order valence-corrected chi connectivity index (χ0v) is 28.3. The molecule has 3 atom stereocenters. The fourth-order valence-electron chi connectivity index (χ4n) is 5.43. The van der Waals surface area contributed by atoms with Gasteiger partial charge in [0.2, 0.25) is 17.7 Å². The maximum Gasteiger partial charge on any atom is 0.246 e. The number of benzene rings is 2. The molecule has 13 heteroatoms. The number of thiazole rings is 1. The fourth-order valence-corrected chi connectivity index (χ4v) is 6.24. The van der Waals surface area contributed by atoms with Gasteiger partial charge >= 0.3 is 0 Å². The number of anilines is 1. The number of nitrogen functional groups attached to an aromatic ring is 1. The molecule has 0 unspecified atom stereocenters. The summed E-state index contributed by atoms with van der Waals surface area (Å²) in [6.07, 6.45) is -0.250. The first-order chi connectivity index (χ1) is 22.3. The van der Waals surface area contributed by atoms with Crippen LogP contribution in [-0.4, -0.2) is 83.8 Å². The van der Waals surface area contributed by atoms with Gasteiger partial charge in [-0.15, -0.1) is 11.3 Å². The van der Waals surface area contributed by atoms with Gasteiger partial charge in [-0.3, -0.25) is 14.4 Å². The summed E-state index contributed by atoms with van der Waals surface area (Å²) in [6.45, 7) is 8.48. The number of nitrogens with two attached hydrogens (primary N) is 2. The van der Waals surface area contributed by atoms with E-state index in [0.717, 1.165) is 27.3 Å². The molecular formula is C34H46N6O6S. The van der Waals surface area contributed by atoms with E-state index in [4.69, 9.17) is 20.9 Å². The number of carbonyl (C=O) groups excluding carboxylic acids is 3. The molecule has 2 aromatic carbocycles. The third kappa shape index (κ3) is 9.97. The van der Waals surface area contributed by atoms with E-state index in [9.17, 15) is 19.5 Å². The number of aryl methyl sites for hydroxylation is 1. The standard InChI is InChI=1S/C34H46N6O6S/c1-21-30(47-20-38-21)24-7-5-22(6-8-24)17-37-32(43)28-16-26(41)18-40(28)33(44)31(34(2,3)4)39-29(42)19-45-11-9-23-13-25(36)15-27(14-23)46-12-10-35/h5-8,13-15,20,26,28,31,41H,9-12,16-19,35-36H2,1-4H3,(H,37,43)(H,39,42)/t26-,28+,31-/m1/s1. The van der Waals surface area contributed by atoms with Crippen LogP contribution in [0.2, 0.25) is 0 Å². The number of aromatic nitrogens is 1. The van der Waals surface area contributed by atoms with Crippen molar-refractivity contribution in [1.82, 2.24) is 20.5 Å². The van der Waals surface area contributed by atoms with Crippen molar-refractivity contribution in [2.75, 3.05) is 38.6 Å². The molecule has 1 aliphatic rings. The first kappa shape index (κ1) is 35.8. The number of nitrogens with zero attached hydrogens (tertiary/aromatic N) is 2. The van der Waals surface area contributed by atoms with Gasteiger partial charge < -0.3 is 41.6 Å². The number of rotatable bonds is 14. The second-order valence-electron chi connectivity index (χ2n) is 12.8. The Hall–Kier alpha value is -4.04. The summed E-state index contributed by atoms with van der Waals surface area (Å²) in [5.74, 6) is -0.643. The summed E-state index contributed by atoms with van der Waals surface area (Å²) >= 11 is 1.57. The van der Waals surface area contributed by atoms with Crippen LogP contribution >= 0.6 is 11.3 Å². The van der Waals surface area contributed by atoms with Gasteiger partial charge in [-0.1, -0.05) is 45.0 Å². The number of hydrogen-bond donors (Lipinski definition) is 5. The number of aliphatic hydroxyl groups excluding tert-OH is 1. The third-order valence-electron chi connectivity index (χ3n) is 7.85. The van der Waals surface area contributed by atoms with Crippen molar-refractivity contribution in [3.05, 3.63) is 64.8 Å². The molecule has 254 valence electrons. The summed E-state index contributed by atoms with van der Waals surface area (Å²) in [5, 5.41) is 16.2. The normalized spacial score (nSPS) is 16.9. The van der Waals surface area contributed by atoms with E-state index < -0.39 is 35.4 Å². The fraction of sp³-hybridized carbons (Fsp3) is 0.471. The van der Waals surface area contributed by atoms with Crippen molar-refractivity contribution in [2.24, 2.45) is 11.1 Å². The van der Waals surface area contributed by atoms with Gasteiger partial charge in [0.25, 0.3) is 0 Å². The molecule has 1 fully saturated rings. The predicted octanol–water partition coefficient (Wildman–Crippen LogP) is 2.41. The summed E-state index contributed by atoms with van der Waals surface area (Å²) in [4.78, 5) is 46.8. The topological polar surface area (TPSA) is 182 Å². The Morgan fingerprint density at radius 3 is 2.53 bits per heavy atom. The van der Waals surface area contributed by atoms with E-state index in [-0.39, 0.29) is 38.6 Å². The second-order valence-corrected chi connectivity index (χ2v) is 13.6. The molecule has 1 aromatic heterocycles. The Morgan fingerprint density at radius 2 is 1.87 bits per heavy atom. The molecular weight excluding hydrogens is 620 g/mol. The van der Waals surface area contributed by atoms with E-state index in [1.54, 1.807) is 17.4 Å². The van der Waals surface area contributed by atoms with Crippen LogP contribution in [0.25, 0.3) is 10.4 Å². The first-order valence-electron chi connectivity index (χ1n) is 15.7. The molecule has 4 rings (SSSR count). The molecule has 0 aliphatic carbocycles. The minimum Gasteiger partial charge on any atom is -0.492 e. The first-order valence-corrected chi connectivity index (χ1v) is 16.6. The Labute approximate surface area is 279 Å². The zero-order chi connectivity index (χ0) is 34.1. The molecule has 7 N–H and O–H groups in total. The SMILES string of the molecule is Cc1ncsc1-c1ccc(CNC(=O)[C@@H]2C[C@@H](O)CN2C(=O)[C@@H](NC(=O)COCCc2cc(N)cc(OCCN)c2)C(C)(C)C)cc1. The van der Waals surface area contributed by atoms with Crippen molar-refractivity contribution in [3.8, 4) is 16.2 Å². The lowest BCUT2D eigenvalue weighted by Crippen LogP contribution is -2.58. The average Bonchev–Trinajstić information content (AvgIpc) is 3.64. The van der Waals surface area contributed by atoms with Gasteiger partial charge in [-0.25, -0.2) is 4.98 Å². The lowest BCUT2D eigenvalue weighted by molar-refractivity contribution is -0.144. The molecule has 1 aliphatic heterocycles. The van der Waals surface area contributed by atoms with E-state index in [1.165, 1.54) is 4.90 Å². The van der Waals surface area contributed by atoms with Crippen molar-refractivity contribution in [3.63, 3.8) is 0 Å². The number of hydrogen-bond acceptors (Lipinski definition) is 10. The number of ether oxygens (including phenoxy) is 2. The number of amides is 3. The van der Waals surface area contributed by atoms with E-state index in [2.05, 4.69) is 15.6 Å². The van der Waals surface area contributed by atoms with Crippen LogP contribution in [0.4, 0.5) is 5.69 Å². The lowest BCUT2D eigenvalue weighted by atomic mass is 9.85. The second kappa shape index (κ2) is 16.2. The summed E-state index contributed by atoms with van der Waals surface area (Å²) in [7, 11) is 0. The molecule has 3 amide bonds. The molecule has 0 bridgehead atoms. The van der Waals surface area contributed by atoms with Crippen molar-refractivity contribution in [2.45, 2.75) is 65.3 Å². The third-order valence-corrected chi connectivity index (χ3v) is 8.83. The van der Waals surface area contributed by atoms with Crippen LogP contribution in [0.5, 0.6) is 5.75 Å². The molecule has 0 saturated carbocycles. The number of carbonyl (C=O) groups is 3. The molecule has 1 saturated heterocycles.